The summed E-state index contributed by atoms with van der Waals surface area (Å²) in [5.41, 5.74) is 2.91. The Morgan fingerprint density at radius 2 is 2.00 bits per heavy atom. The summed E-state index contributed by atoms with van der Waals surface area (Å²) in [4.78, 5) is 3.89. The standard InChI is InChI=1S/C12H10Cl2N2/c1-8-3-2-4-9(7-8)16-10-5-6-15-12(14)11(10)13/h2-7H,1H3,(H,15,16). The van der Waals surface area contributed by atoms with Crippen molar-refractivity contribution in [1.29, 1.82) is 0 Å². The molecule has 1 aromatic heterocycles. The topological polar surface area (TPSA) is 24.9 Å². The number of benzene rings is 1. The van der Waals surface area contributed by atoms with Crippen LogP contribution < -0.4 is 5.32 Å². The molecule has 2 aromatic rings. The van der Waals surface area contributed by atoms with Gasteiger partial charge in [0.15, 0.2) is 0 Å². The van der Waals surface area contributed by atoms with E-state index in [0.29, 0.717) is 10.2 Å². The Bertz CT molecular complexity index is 512. The van der Waals surface area contributed by atoms with Crippen molar-refractivity contribution in [2.45, 2.75) is 6.92 Å². The third kappa shape index (κ3) is 2.46. The van der Waals surface area contributed by atoms with Gasteiger partial charge < -0.3 is 5.32 Å². The molecular weight excluding hydrogens is 243 g/mol. The number of hydrogen-bond acceptors (Lipinski definition) is 2. The van der Waals surface area contributed by atoms with Crippen LogP contribution in [-0.4, -0.2) is 4.98 Å². The molecule has 0 fully saturated rings. The van der Waals surface area contributed by atoms with Gasteiger partial charge in [0.05, 0.1) is 5.69 Å². The van der Waals surface area contributed by atoms with E-state index in [2.05, 4.69) is 10.3 Å². The predicted molar refractivity (Wildman–Crippen MR) is 68.7 cm³/mol. The minimum absolute atomic E-state index is 0.305. The van der Waals surface area contributed by atoms with Gasteiger partial charge >= 0.3 is 0 Å². The molecule has 0 spiro atoms. The maximum Gasteiger partial charge on any atom is 0.149 e. The van der Waals surface area contributed by atoms with Gasteiger partial charge in [-0.25, -0.2) is 4.98 Å². The van der Waals surface area contributed by atoms with E-state index in [9.17, 15) is 0 Å². The van der Waals surface area contributed by atoms with Crippen molar-refractivity contribution in [3.8, 4) is 0 Å². The summed E-state index contributed by atoms with van der Waals surface area (Å²) in [6.45, 7) is 2.03. The maximum atomic E-state index is 6.03. The zero-order valence-electron chi connectivity index (χ0n) is 8.67. The Morgan fingerprint density at radius 3 is 2.75 bits per heavy atom. The van der Waals surface area contributed by atoms with E-state index < -0.39 is 0 Å². The fourth-order valence-electron chi connectivity index (χ4n) is 1.39. The third-order valence-corrected chi connectivity index (χ3v) is 2.91. The van der Waals surface area contributed by atoms with Crippen LogP contribution in [0.3, 0.4) is 0 Å². The first-order chi connectivity index (χ1) is 7.66. The van der Waals surface area contributed by atoms with Gasteiger partial charge in [-0.15, -0.1) is 0 Å². The lowest BCUT2D eigenvalue weighted by molar-refractivity contribution is 1.32. The Labute approximate surface area is 104 Å². The summed E-state index contributed by atoms with van der Waals surface area (Å²) in [6, 6.07) is 9.81. The van der Waals surface area contributed by atoms with Crippen LogP contribution in [0.2, 0.25) is 10.2 Å². The zero-order chi connectivity index (χ0) is 11.5. The minimum atomic E-state index is 0.305. The van der Waals surface area contributed by atoms with Crippen LogP contribution in [0.25, 0.3) is 0 Å². The van der Waals surface area contributed by atoms with Crippen molar-refractivity contribution >= 4 is 34.6 Å². The van der Waals surface area contributed by atoms with Crippen LogP contribution in [0, 0.1) is 6.92 Å². The van der Waals surface area contributed by atoms with Gasteiger partial charge in [-0.05, 0) is 30.7 Å². The molecule has 2 nitrogen and oxygen atoms in total. The van der Waals surface area contributed by atoms with E-state index in [4.69, 9.17) is 23.2 Å². The average Bonchev–Trinajstić information content (AvgIpc) is 2.25. The highest BCUT2D eigenvalue weighted by Gasteiger charge is 2.05. The Balaban J connectivity index is 2.31. The largest absolute Gasteiger partial charge is 0.354 e. The highest BCUT2D eigenvalue weighted by atomic mass is 35.5. The van der Waals surface area contributed by atoms with Crippen molar-refractivity contribution in [1.82, 2.24) is 4.98 Å². The molecule has 2 rings (SSSR count). The smallest absolute Gasteiger partial charge is 0.149 e. The summed E-state index contributed by atoms with van der Waals surface area (Å²) in [7, 11) is 0. The average molecular weight is 253 g/mol. The molecule has 1 aromatic carbocycles. The first-order valence-electron chi connectivity index (χ1n) is 4.80. The SMILES string of the molecule is Cc1cccc(Nc2ccnc(Cl)c2Cl)c1. The highest BCUT2D eigenvalue weighted by molar-refractivity contribution is 6.43. The van der Waals surface area contributed by atoms with Crippen molar-refractivity contribution in [2.75, 3.05) is 5.32 Å². The molecule has 0 aliphatic heterocycles. The minimum Gasteiger partial charge on any atom is -0.354 e. The molecule has 0 bridgehead atoms. The van der Waals surface area contributed by atoms with Crippen LogP contribution in [0.5, 0.6) is 0 Å². The molecule has 0 aliphatic rings. The summed E-state index contributed by atoms with van der Waals surface area (Å²) in [5, 5.41) is 3.94. The van der Waals surface area contributed by atoms with Crippen molar-refractivity contribution in [2.24, 2.45) is 0 Å². The third-order valence-electron chi connectivity index (χ3n) is 2.14. The normalized spacial score (nSPS) is 10.2. The Kier molecular flexibility index (Phi) is 3.32. The van der Waals surface area contributed by atoms with Crippen molar-refractivity contribution in [3.05, 3.63) is 52.3 Å². The molecule has 0 unspecified atom stereocenters. The van der Waals surface area contributed by atoms with Gasteiger partial charge in [0, 0.05) is 11.9 Å². The Morgan fingerprint density at radius 1 is 1.19 bits per heavy atom. The van der Waals surface area contributed by atoms with Crippen LogP contribution >= 0.6 is 23.2 Å². The van der Waals surface area contributed by atoms with E-state index in [0.717, 1.165) is 11.4 Å². The molecule has 0 amide bonds. The lowest BCUT2D eigenvalue weighted by atomic mass is 10.2. The van der Waals surface area contributed by atoms with Gasteiger partial charge in [-0.2, -0.15) is 0 Å². The van der Waals surface area contributed by atoms with Gasteiger partial charge in [-0.1, -0.05) is 35.3 Å². The molecule has 0 radical (unpaired) electrons. The monoisotopic (exact) mass is 252 g/mol. The van der Waals surface area contributed by atoms with Gasteiger partial charge in [-0.3, -0.25) is 0 Å². The number of nitrogens with one attached hydrogen (secondary N) is 1. The van der Waals surface area contributed by atoms with E-state index in [1.807, 2.05) is 31.2 Å². The molecule has 0 saturated heterocycles. The van der Waals surface area contributed by atoms with Gasteiger partial charge in [0.25, 0.3) is 0 Å². The molecular formula is C12H10Cl2N2. The van der Waals surface area contributed by atoms with Gasteiger partial charge in [0.2, 0.25) is 0 Å². The number of hydrogen-bond donors (Lipinski definition) is 1. The van der Waals surface area contributed by atoms with Crippen LogP contribution in [0.4, 0.5) is 11.4 Å². The molecule has 1 heterocycles. The summed E-state index contributed by atoms with van der Waals surface area (Å²) >= 11 is 11.9. The molecule has 0 atom stereocenters. The molecule has 0 saturated carbocycles. The van der Waals surface area contributed by atoms with Crippen molar-refractivity contribution < 1.29 is 0 Å². The van der Waals surface area contributed by atoms with Crippen molar-refractivity contribution in [3.63, 3.8) is 0 Å². The lowest BCUT2D eigenvalue weighted by Crippen LogP contribution is -1.92. The molecule has 16 heavy (non-hydrogen) atoms. The fraction of sp³-hybridized carbons (Fsp3) is 0.0833. The van der Waals surface area contributed by atoms with E-state index in [-0.39, 0.29) is 0 Å². The fourth-order valence-corrected chi connectivity index (χ4v) is 1.71. The first-order valence-corrected chi connectivity index (χ1v) is 5.56. The molecule has 0 aliphatic carbocycles. The summed E-state index contributed by atoms with van der Waals surface area (Å²) < 4.78 is 0. The van der Waals surface area contributed by atoms with E-state index in [1.165, 1.54) is 5.56 Å². The number of anilines is 2. The van der Waals surface area contributed by atoms with Crippen LogP contribution in [0.15, 0.2) is 36.5 Å². The summed E-state index contributed by atoms with van der Waals surface area (Å²) in [6.07, 6.45) is 1.62. The second-order valence-electron chi connectivity index (χ2n) is 3.46. The second-order valence-corrected chi connectivity index (χ2v) is 4.19. The first kappa shape index (κ1) is 11.2. The number of aromatic nitrogens is 1. The quantitative estimate of drug-likeness (QED) is 0.800. The highest BCUT2D eigenvalue weighted by Crippen LogP contribution is 2.30. The second kappa shape index (κ2) is 4.73. The van der Waals surface area contributed by atoms with Gasteiger partial charge in [0.1, 0.15) is 10.2 Å². The van der Waals surface area contributed by atoms with Crippen LogP contribution in [-0.2, 0) is 0 Å². The maximum absolute atomic E-state index is 6.03. The number of halogens is 2. The van der Waals surface area contributed by atoms with E-state index >= 15 is 0 Å². The molecule has 1 N–H and O–H groups in total. The lowest BCUT2D eigenvalue weighted by Gasteiger charge is -2.09. The number of nitrogens with zero attached hydrogens (tertiary/aromatic N) is 1. The zero-order valence-corrected chi connectivity index (χ0v) is 10.2. The van der Waals surface area contributed by atoms with Crippen LogP contribution in [0.1, 0.15) is 5.56 Å². The molecule has 4 heteroatoms. The number of rotatable bonds is 2. The number of pyridine rings is 1. The molecule has 82 valence electrons. The number of aryl methyl sites for hydroxylation is 1. The summed E-state index contributed by atoms with van der Waals surface area (Å²) in [5.74, 6) is 0. The van der Waals surface area contributed by atoms with E-state index in [1.54, 1.807) is 12.3 Å². The predicted octanol–water partition coefficient (Wildman–Crippen LogP) is 4.44. The Hall–Kier alpha value is -1.25.